The smallest absolute Gasteiger partial charge is 0.0788 e. The molecule has 0 bridgehead atoms. The summed E-state index contributed by atoms with van der Waals surface area (Å²) in [5.74, 6) is 0. The maximum Gasteiger partial charge on any atom is 0.0788 e. The van der Waals surface area contributed by atoms with E-state index in [1.807, 2.05) is 0 Å². The summed E-state index contributed by atoms with van der Waals surface area (Å²) in [5, 5.41) is 22.6. The SMILES string of the molecule is c1ccc(-n2c3ccccc3c3cc(-c4ccc(-n5c6ccccc6c6ccc7c8ccccc8n(-c8ccccc8)c7c65)cc4)ccc32)cc1.c1ccc(-n2c3ccccc3c3cc(-n4c5ccccc5c5ccc6c7ccccc7n(-c7ccccc7)c6c54)ccc32)cc1.c1ccc(-n2c3ccccc3c3ccc4c5ccccc5n(-c5ccc(-n6c7ccccc7c7ccccc76)cc5)c4c32)cc1. The number of para-hydroxylation sites is 15. The molecule has 0 saturated carbocycles. The number of rotatable bonds is 10. The molecule has 0 amide bonds. The van der Waals surface area contributed by atoms with Crippen LogP contribution in [0.4, 0.5) is 0 Å². The van der Waals surface area contributed by atoms with Gasteiger partial charge in [0.1, 0.15) is 0 Å². The quantitative estimate of drug-likeness (QED) is 0.131. The van der Waals surface area contributed by atoms with Gasteiger partial charge in [-0.3, -0.25) is 0 Å². The van der Waals surface area contributed by atoms with E-state index in [0.29, 0.717) is 0 Å². The van der Waals surface area contributed by atoms with Gasteiger partial charge in [-0.05, 0) is 199 Å². The normalized spacial score (nSPS) is 12.0. The highest BCUT2D eigenvalue weighted by molar-refractivity contribution is 6.28. The highest BCUT2D eigenvalue weighted by atomic mass is 15.1. The summed E-state index contributed by atoms with van der Waals surface area (Å²) in [6.45, 7) is 0. The van der Waals surface area contributed by atoms with E-state index in [-0.39, 0.29) is 0 Å². The van der Waals surface area contributed by atoms with Gasteiger partial charge in [-0.2, -0.15) is 0 Å². The summed E-state index contributed by atoms with van der Waals surface area (Å²) in [4.78, 5) is 0. The predicted molar refractivity (Wildman–Crippen MR) is 594 cm³/mol. The molecule has 9 aromatic heterocycles. The largest absolute Gasteiger partial charge is 0.309 e. The van der Waals surface area contributed by atoms with Crippen molar-refractivity contribution in [3.05, 3.63) is 516 Å². The molecule has 0 aliphatic carbocycles. The molecule has 9 nitrogen and oxygen atoms in total. The second-order valence-corrected chi connectivity index (χ2v) is 36.9. The third-order valence-corrected chi connectivity index (χ3v) is 29.5. The summed E-state index contributed by atoms with van der Waals surface area (Å²) >= 11 is 0. The Balaban J connectivity index is 0.000000102. The predicted octanol–water partition coefficient (Wildman–Crippen LogP) is 34.6. The first kappa shape index (κ1) is 79.4. The Kier molecular flexibility index (Phi) is 17.9. The minimum Gasteiger partial charge on any atom is -0.309 e. The second kappa shape index (κ2) is 31.8. The Morgan fingerprint density at radius 3 is 0.504 bits per heavy atom. The van der Waals surface area contributed by atoms with Crippen LogP contribution in [0.2, 0.25) is 0 Å². The second-order valence-electron chi connectivity index (χ2n) is 36.9. The first-order chi connectivity index (χ1) is 70.1. The van der Waals surface area contributed by atoms with Crippen LogP contribution in [0, 0.1) is 0 Å². The molecule has 0 aliphatic heterocycles. The van der Waals surface area contributed by atoms with Crippen LogP contribution in [0.15, 0.2) is 516 Å². The summed E-state index contributed by atoms with van der Waals surface area (Å²) < 4.78 is 21.9. The van der Waals surface area contributed by atoms with Crippen LogP contribution in [-0.2, 0) is 0 Å². The van der Waals surface area contributed by atoms with E-state index in [0.717, 1.165) is 39.8 Å². The summed E-state index contributed by atoms with van der Waals surface area (Å²) in [5.41, 5.74) is 34.7. The van der Waals surface area contributed by atoms with Crippen LogP contribution in [0.5, 0.6) is 0 Å². The van der Waals surface area contributed by atoms with Gasteiger partial charge in [-0.1, -0.05) is 328 Å². The van der Waals surface area contributed by atoms with Gasteiger partial charge in [0.25, 0.3) is 0 Å². The van der Waals surface area contributed by atoms with Crippen molar-refractivity contribution >= 4 is 196 Å². The zero-order valence-electron chi connectivity index (χ0n) is 76.6. The minimum absolute atomic E-state index is 1.14. The van der Waals surface area contributed by atoms with E-state index < -0.39 is 0 Å². The van der Waals surface area contributed by atoms with Crippen molar-refractivity contribution in [3.8, 4) is 62.3 Å². The molecule has 658 valence electrons. The summed E-state index contributed by atoms with van der Waals surface area (Å²) in [6.07, 6.45) is 0. The Morgan fingerprint density at radius 1 is 0.0851 bits per heavy atom. The molecule has 31 rings (SSSR count). The van der Waals surface area contributed by atoms with Gasteiger partial charge in [-0.15, -0.1) is 0 Å². The van der Waals surface area contributed by atoms with Gasteiger partial charge in [0.2, 0.25) is 0 Å². The fourth-order valence-corrected chi connectivity index (χ4v) is 23.6. The van der Waals surface area contributed by atoms with Crippen LogP contribution in [0.1, 0.15) is 0 Å². The van der Waals surface area contributed by atoms with Crippen molar-refractivity contribution in [1.82, 2.24) is 41.1 Å². The molecule has 141 heavy (non-hydrogen) atoms. The maximum absolute atomic E-state index is 2.49. The van der Waals surface area contributed by atoms with Gasteiger partial charge in [0, 0.05) is 148 Å². The number of hydrogen-bond donors (Lipinski definition) is 0. The standard InChI is InChI=1S/C48H31N3.2C42H27N3/c1-3-13-34(14-4-1)49-43-20-10-9-19-39(43)42-31-33(25-30-46(42)49)32-23-26-36(27-24-32)51-45-22-12-8-18-38(45)41-29-28-40-37-17-7-11-21-44(37)50(47(40)48(41)51)35-15-5-2-6-16-35;1-3-13-28(14-4-1)43-37-20-10-9-19-33(37)36-27-30(23-26-40(36)43)45-39-22-12-8-18-32(39)35-25-24-34-31-17-7-11-21-38(31)44(41(34)42(35)45)29-15-5-2-6-16-29;1-2-12-28(13-3-1)44-39-20-10-6-16-33(39)35-26-27-36-34-17-7-11-21-40(34)45(42(36)41(35)44)30-24-22-29(23-25-30)43-37-18-8-4-14-31(37)32-15-5-9-19-38(32)43/h1-31H;2*1-27H. The molecule has 0 unspecified atom stereocenters. The van der Waals surface area contributed by atoms with Gasteiger partial charge < -0.3 is 41.1 Å². The third-order valence-electron chi connectivity index (χ3n) is 29.5. The number of benzene rings is 22. The summed E-state index contributed by atoms with van der Waals surface area (Å²) in [7, 11) is 0. The van der Waals surface area contributed by atoms with E-state index in [1.165, 1.54) is 219 Å². The molecular formula is C132H85N9. The molecule has 9 heteroatoms. The first-order valence-electron chi connectivity index (χ1n) is 48.5. The lowest BCUT2D eigenvalue weighted by atomic mass is 10.0. The van der Waals surface area contributed by atoms with Crippen molar-refractivity contribution in [2.24, 2.45) is 0 Å². The topological polar surface area (TPSA) is 44.4 Å². The van der Waals surface area contributed by atoms with E-state index in [4.69, 9.17) is 0 Å². The molecule has 0 aliphatic rings. The van der Waals surface area contributed by atoms with Gasteiger partial charge in [0.05, 0.1) is 99.3 Å². The van der Waals surface area contributed by atoms with Crippen molar-refractivity contribution in [3.63, 3.8) is 0 Å². The van der Waals surface area contributed by atoms with Crippen molar-refractivity contribution in [2.45, 2.75) is 0 Å². The van der Waals surface area contributed by atoms with Crippen LogP contribution < -0.4 is 0 Å². The van der Waals surface area contributed by atoms with Crippen molar-refractivity contribution < 1.29 is 0 Å². The molecule has 22 aromatic carbocycles. The zero-order valence-corrected chi connectivity index (χ0v) is 76.6. The van der Waals surface area contributed by atoms with Crippen LogP contribution in [0.3, 0.4) is 0 Å². The summed E-state index contributed by atoms with van der Waals surface area (Å²) in [6, 6.07) is 187. The molecule has 0 atom stereocenters. The molecular weight excluding hydrogens is 1710 g/mol. The van der Waals surface area contributed by atoms with Gasteiger partial charge >= 0.3 is 0 Å². The number of nitrogens with zero attached hydrogens (tertiary/aromatic N) is 9. The van der Waals surface area contributed by atoms with Crippen molar-refractivity contribution in [1.29, 1.82) is 0 Å². The molecule has 0 saturated heterocycles. The highest BCUT2D eigenvalue weighted by Gasteiger charge is 2.28. The monoisotopic (exact) mass is 1800 g/mol. The lowest BCUT2D eigenvalue weighted by molar-refractivity contribution is 1.13. The van der Waals surface area contributed by atoms with Crippen molar-refractivity contribution in [2.75, 3.05) is 0 Å². The first-order valence-corrected chi connectivity index (χ1v) is 48.5. The van der Waals surface area contributed by atoms with E-state index in [9.17, 15) is 0 Å². The third kappa shape index (κ3) is 12.1. The molecule has 0 radical (unpaired) electrons. The number of aromatic nitrogens is 9. The van der Waals surface area contributed by atoms with Gasteiger partial charge in [0.15, 0.2) is 0 Å². The maximum atomic E-state index is 2.49. The Labute approximate surface area is 809 Å². The Hall–Kier alpha value is -19.0. The van der Waals surface area contributed by atoms with Crippen LogP contribution >= 0.6 is 0 Å². The lowest BCUT2D eigenvalue weighted by Gasteiger charge is -2.14. The molecule has 31 aromatic rings. The molecule has 0 spiro atoms. The Morgan fingerprint density at radius 2 is 0.241 bits per heavy atom. The van der Waals surface area contributed by atoms with E-state index in [1.54, 1.807) is 0 Å². The van der Waals surface area contributed by atoms with Crippen LogP contribution in [-0.4, -0.2) is 41.1 Å². The minimum atomic E-state index is 1.14. The van der Waals surface area contributed by atoms with E-state index in [2.05, 4.69) is 557 Å². The molecule has 0 N–H and O–H groups in total. The Bertz CT molecular complexity index is 10400. The van der Waals surface area contributed by atoms with E-state index >= 15 is 0 Å². The lowest BCUT2D eigenvalue weighted by Crippen LogP contribution is -1.99. The number of hydrogen-bond acceptors (Lipinski definition) is 0. The average molecular weight is 1800 g/mol. The van der Waals surface area contributed by atoms with Crippen LogP contribution in [0.25, 0.3) is 259 Å². The highest BCUT2D eigenvalue weighted by Crippen LogP contribution is 2.49. The zero-order chi connectivity index (χ0) is 92.4. The average Bonchev–Trinajstić information content (AvgIpc) is 1.53. The fraction of sp³-hybridized carbons (Fsp3) is 0. The fourth-order valence-electron chi connectivity index (χ4n) is 23.6. The molecule has 0 fully saturated rings. The molecule has 9 heterocycles. The van der Waals surface area contributed by atoms with Gasteiger partial charge in [-0.25, -0.2) is 0 Å². The number of fused-ring (bicyclic) bond motifs is 30.